The fourth-order valence-electron chi connectivity index (χ4n) is 1.84. The van der Waals surface area contributed by atoms with E-state index in [4.69, 9.17) is 0 Å². The molecule has 0 aliphatic rings. The molecule has 0 aliphatic carbocycles. The van der Waals surface area contributed by atoms with E-state index in [1.807, 2.05) is 0 Å². The van der Waals surface area contributed by atoms with E-state index in [9.17, 15) is 9.50 Å². The Morgan fingerprint density at radius 1 is 1.11 bits per heavy atom. The Morgan fingerprint density at radius 2 is 1.83 bits per heavy atom. The average molecular weight is 307 g/mol. The van der Waals surface area contributed by atoms with Crippen LogP contribution >= 0.6 is 15.9 Å². The van der Waals surface area contributed by atoms with Crippen molar-refractivity contribution in [3.63, 3.8) is 0 Å². The third-order valence-electron chi connectivity index (χ3n) is 2.72. The van der Waals surface area contributed by atoms with E-state index in [0.717, 1.165) is 16.6 Å². The van der Waals surface area contributed by atoms with Crippen molar-refractivity contribution < 1.29 is 9.50 Å². The second-order valence-corrected chi connectivity index (χ2v) is 4.66. The molecule has 0 bridgehead atoms. The number of hydrogen-bond donors (Lipinski definition) is 1. The summed E-state index contributed by atoms with van der Waals surface area (Å²) in [6, 6.07) is 9.40. The molecule has 2 aromatic carbocycles. The number of aromatic nitrogens is 2. The molecular formula is C13H8BrFN2O. The third-order valence-corrected chi connectivity index (χ3v) is 3.50. The zero-order chi connectivity index (χ0) is 12.7. The fraction of sp³-hybridized carbons (Fsp3) is 0. The third kappa shape index (κ3) is 1.67. The lowest BCUT2D eigenvalue weighted by molar-refractivity contribution is 0.472. The van der Waals surface area contributed by atoms with Gasteiger partial charge in [-0.05, 0) is 52.3 Å². The van der Waals surface area contributed by atoms with Crippen LogP contribution in [0.3, 0.4) is 0 Å². The maximum Gasteiger partial charge on any atom is 0.132 e. The van der Waals surface area contributed by atoms with Crippen molar-refractivity contribution in [2.24, 2.45) is 0 Å². The highest BCUT2D eigenvalue weighted by atomic mass is 79.9. The minimum atomic E-state index is -0.294. The van der Waals surface area contributed by atoms with Crippen LogP contribution in [0.5, 0.6) is 5.75 Å². The molecular weight excluding hydrogens is 299 g/mol. The average Bonchev–Trinajstić information content (AvgIpc) is 2.79. The van der Waals surface area contributed by atoms with Gasteiger partial charge in [-0.3, -0.25) is 0 Å². The van der Waals surface area contributed by atoms with Crippen LogP contribution in [0, 0.1) is 5.82 Å². The van der Waals surface area contributed by atoms with Gasteiger partial charge in [-0.2, -0.15) is 5.10 Å². The van der Waals surface area contributed by atoms with Crippen LogP contribution in [-0.4, -0.2) is 14.9 Å². The standard InChI is InChI=1S/C13H8BrFN2O/c14-12-11(18)6-1-8-7-16-17(13(8)12)10-4-2-9(15)3-5-10/h1-7,18H. The van der Waals surface area contributed by atoms with Crippen molar-refractivity contribution in [1.29, 1.82) is 0 Å². The molecule has 1 heterocycles. The van der Waals surface area contributed by atoms with Crippen molar-refractivity contribution in [2.75, 3.05) is 0 Å². The molecule has 0 amide bonds. The van der Waals surface area contributed by atoms with Gasteiger partial charge in [0.05, 0.1) is 21.9 Å². The Balaban J connectivity index is 2.29. The van der Waals surface area contributed by atoms with Gasteiger partial charge in [0.25, 0.3) is 0 Å². The molecule has 0 atom stereocenters. The van der Waals surface area contributed by atoms with E-state index in [0.29, 0.717) is 4.47 Å². The number of phenolic OH excluding ortho intramolecular Hbond substituents is 1. The van der Waals surface area contributed by atoms with E-state index >= 15 is 0 Å². The van der Waals surface area contributed by atoms with Crippen LogP contribution in [0.4, 0.5) is 4.39 Å². The molecule has 90 valence electrons. The smallest absolute Gasteiger partial charge is 0.132 e. The highest BCUT2D eigenvalue weighted by Crippen LogP contribution is 2.33. The Kier molecular flexibility index (Phi) is 2.56. The summed E-state index contributed by atoms with van der Waals surface area (Å²) >= 11 is 3.34. The summed E-state index contributed by atoms with van der Waals surface area (Å²) < 4.78 is 15.1. The molecule has 5 heteroatoms. The summed E-state index contributed by atoms with van der Waals surface area (Å²) in [4.78, 5) is 0. The minimum absolute atomic E-state index is 0.145. The first-order valence-corrected chi connectivity index (χ1v) is 6.07. The second kappa shape index (κ2) is 4.10. The van der Waals surface area contributed by atoms with Crippen LogP contribution in [0.15, 0.2) is 47.1 Å². The lowest BCUT2D eigenvalue weighted by Gasteiger charge is -2.05. The first-order valence-electron chi connectivity index (χ1n) is 5.28. The topological polar surface area (TPSA) is 38.1 Å². The lowest BCUT2D eigenvalue weighted by Crippen LogP contribution is -1.96. The maximum atomic E-state index is 12.9. The van der Waals surface area contributed by atoms with E-state index in [-0.39, 0.29) is 11.6 Å². The molecule has 18 heavy (non-hydrogen) atoms. The van der Waals surface area contributed by atoms with Gasteiger partial charge < -0.3 is 5.11 Å². The summed E-state index contributed by atoms with van der Waals surface area (Å²) in [7, 11) is 0. The minimum Gasteiger partial charge on any atom is -0.507 e. The fourth-order valence-corrected chi connectivity index (χ4v) is 2.37. The molecule has 1 N–H and O–H groups in total. The van der Waals surface area contributed by atoms with Crippen molar-refractivity contribution in [2.45, 2.75) is 0 Å². The zero-order valence-corrected chi connectivity index (χ0v) is 10.7. The van der Waals surface area contributed by atoms with E-state index in [1.165, 1.54) is 12.1 Å². The van der Waals surface area contributed by atoms with Gasteiger partial charge in [0.15, 0.2) is 0 Å². The molecule has 3 rings (SSSR count). The van der Waals surface area contributed by atoms with Crippen LogP contribution in [-0.2, 0) is 0 Å². The molecule has 0 radical (unpaired) electrons. The summed E-state index contributed by atoms with van der Waals surface area (Å²) in [5.74, 6) is -0.150. The molecule has 3 aromatic rings. The van der Waals surface area contributed by atoms with Crippen LogP contribution in [0.25, 0.3) is 16.6 Å². The largest absolute Gasteiger partial charge is 0.507 e. The Hall–Kier alpha value is -1.88. The molecule has 0 saturated carbocycles. The van der Waals surface area contributed by atoms with Crippen LogP contribution in [0.2, 0.25) is 0 Å². The molecule has 0 spiro atoms. The van der Waals surface area contributed by atoms with Gasteiger partial charge in [0, 0.05) is 5.39 Å². The maximum absolute atomic E-state index is 12.9. The molecule has 0 fully saturated rings. The van der Waals surface area contributed by atoms with Crippen LogP contribution in [0.1, 0.15) is 0 Å². The molecule has 1 aromatic heterocycles. The molecule has 3 nitrogen and oxygen atoms in total. The Morgan fingerprint density at radius 3 is 2.56 bits per heavy atom. The number of nitrogens with zero attached hydrogens (tertiary/aromatic N) is 2. The molecule has 0 aliphatic heterocycles. The summed E-state index contributed by atoms with van der Waals surface area (Å²) in [5.41, 5.74) is 1.49. The normalized spacial score (nSPS) is 11.0. The lowest BCUT2D eigenvalue weighted by atomic mass is 10.2. The van der Waals surface area contributed by atoms with Gasteiger partial charge in [-0.15, -0.1) is 0 Å². The van der Waals surface area contributed by atoms with Crippen molar-refractivity contribution >= 4 is 26.8 Å². The van der Waals surface area contributed by atoms with Gasteiger partial charge in [-0.25, -0.2) is 9.07 Å². The van der Waals surface area contributed by atoms with Crippen molar-refractivity contribution in [3.8, 4) is 11.4 Å². The van der Waals surface area contributed by atoms with E-state index < -0.39 is 0 Å². The van der Waals surface area contributed by atoms with E-state index in [2.05, 4.69) is 21.0 Å². The highest BCUT2D eigenvalue weighted by molar-refractivity contribution is 9.10. The number of halogens is 2. The van der Waals surface area contributed by atoms with Crippen molar-refractivity contribution in [3.05, 3.63) is 52.9 Å². The quantitative estimate of drug-likeness (QED) is 0.745. The second-order valence-electron chi connectivity index (χ2n) is 3.87. The van der Waals surface area contributed by atoms with Crippen LogP contribution < -0.4 is 0 Å². The van der Waals surface area contributed by atoms with Crippen molar-refractivity contribution in [1.82, 2.24) is 9.78 Å². The van der Waals surface area contributed by atoms with Gasteiger partial charge in [0.1, 0.15) is 11.6 Å². The SMILES string of the molecule is Oc1ccc2cnn(-c3ccc(F)cc3)c2c1Br. The predicted molar refractivity (Wildman–Crippen MR) is 70.4 cm³/mol. The first-order chi connectivity index (χ1) is 8.66. The Labute approximate surface area is 111 Å². The van der Waals surface area contributed by atoms with Gasteiger partial charge >= 0.3 is 0 Å². The number of benzene rings is 2. The predicted octanol–water partition coefficient (Wildman–Crippen LogP) is 3.63. The number of fused-ring (bicyclic) bond motifs is 1. The van der Waals surface area contributed by atoms with Gasteiger partial charge in [0.2, 0.25) is 0 Å². The molecule has 0 unspecified atom stereocenters. The monoisotopic (exact) mass is 306 g/mol. The summed E-state index contributed by atoms with van der Waals surface area (Å²) in [6.45, 7) is 0. The summed E-state index contributed by atoms with van der Waals surface area (Å²) in [6.07, 6.45) is 1.70. The first kappa shape index (κ1) is 11.2. The van der Waals surface area contributed by atoms with Gasteiger partial charge in [-0.1, -0.05) is 0 Å². The number of hydrogen-bond acceptors (Lipinski definition) is 2. The van der Waals surface area contributed by atoms with E-state index in [1.54, 1.807) is 35.1 Å². The Bertz CT molecular complexity index is 722. The molecule has 0 saturated heterocycles. The zero-order valence-electron chi connectivity index (χ0n) is 9.14. The number of phenols is 1. The summed E-state index contributed by atoms with van der Waals surface area (Å²) in [5, 5.41) is 14.8. The highest BCUT2D eigenvalue weighted by Gasteiger charge is 2.11. The number of aromatic hydroxyl groups is 1. The number of rotatable bonds is 1.